The predicted molar refractivity (Wildman–Crippen MR) is 65.5 cm³/mol. The molecular formula is C13H16N2O2. The zero-order chi connectivity index (χ0) is 12.3. The summed E-state index contributed by atoms with van der Waals surface area (Å²) in [5.74, 6) is 0.672. The van der Waals surface area contributed by atoms with E-state index in [1.165, 1.54) is 5.56 Å². The van der Waals surface area contributed by atoms with Crippen LogP contribution in [0.4, 0.5) is 0 Å². The number of nitrogens with zero attached hydrogens (tertiary/aromatic N) is 1. The quantitative estimate of drug-likeness (QED) is 0.824. The molecule has 0 aliphatic heterocycles. The van der Waals surface area contributed by atoms with Crippen LogP contribution in [0.5, 0.6) is 0 Å². The first-order valence-corrected chi connectivity index (χ1v) is 5.42. The van der Waals surface area contributed by atoms with E-state index in [4.69, 9.17) is 9.47 Å². The van der Waals surface area contributed by atoms with Gasteiger partial charge in [-0.25, -0.2) is 4.98 Å². The molecule has 0 saturated carbocycles. The Morgan fingerprint density at radius 3 is 2.35 bits per heavy atom. The molecule has 0 amide bonds. The molecule has 2 aromatic rings. The highest BCUT2D eigenvalue weighted by Gasteiger charge is 2.13. The van der Waals surface area contributed by atoms with Crippen LogP contribution in [0.2, 0.25) is 0 Å². The summed E-state index contributed by atoms with van der Waals surface area (Å²) in [6.45, 7) is 2.06. The number of aryl methyl sites for hydroxylation is 1. The fourth-order valence-electron chi connectivity index (χ4n) is 1.66. The van der Waals surface area contributed by atoms with Crippen LogP contribution in [0.25, 0.3) is 11.3 Å². The highest BCUT2D eigenvalue weighted by atomic mass is 16.7. The van der Waals surface area contributed by atoms with E-state index in [2.05, 4.69) is 41.2 Å². The van der Waals surface area contributed by atoms with Crippen LogP contribution in [0.15, 0.2) is 30.5 Å². The number of rotatable bonds is 4. The van der Waals surface area contributed by atoms with Gasteiger partial charge in [0.2, 0.25) is 6.29 Å². The van der Waals surface area contributed by atoms with E-state index in [0.29, 0.717) is 5.82 Å². The van der Waals surface area contributed by atoms with Crippen molar-refractivity contribution in [2.75, 3.05) is 14.2 Å². The molecule has 1 N–H and O–H groups in total. The second-order valence-electron chi connectivity index (χ2n) is 3.85. The number of hydrogen-bond donors (Lipinski definition) is 1. The summed E-state index contributed by atoms with van der Waals surface area (Å²) in [5.41, 5.74) is 3.29. The lowest BCUT2D eigenvalue weighted by molar-refractivity contribution is -0.111. The lowest BCUT2D eigenvalue weighted by Gasteiger charge is -2.09. The highest BCUT2D eigenvalue weighted by Crippen LogP contribution is 2.21. The first kappa shape index (κ1) is 11.8. The van der Waals surface area contributed by atoms with Crippen molar-refractivity contribution in [1.82, 2.24) is 9.97 Å². The second-order valence-corrected chi connectivity index (χ2v) is 3.85. The lowest BCUT2D eigenvalue weighted by atomic mass is 10.1. The largest absolute Gasteiger partial charge is 0.349 e. The van der Waals surface area contributed by atoms with Gasteiger partial charge in [0.05, 0.1) is 11.9 Å². The number of methoxy groups -OCH3 is 2. The molecule has 0 atom stereocenters. The highest BCUT2D eigenvalue weighted by molar-refractivity contribution is 5.58. The van der Waals surface area contributed by atoms with Gasteiger partial charge < -0.3 is 14.5 Å². The molecule has 1 aromatic heterocycles. The molecule has 0 aliphatic carbocycles. The van der Waals surface area contributed by atoms with Crippen molar-refractivity contribution in [3.05, 3.63) is 41.9 Å². The van der Waals surface area contributed by atoms with Crippen LogP contribution >= 0.6 is 0 Å². The fraction of sp³-hybridized carbons (Fsp3) is 0.308. The van der Waals surface area contributed by atoms with Gasteiger partial charge in [-0.05, 0) is 12.5 Å². The molecule has 17 heavy (non-hydrogen) atoms. The standard InChI is InChI=1S/C13H16N2O2/c1-9-4-6-10(7-5-9)11-8-14-12(15-11)13(16-2)17-3/h4-8,13H,1-3H3,(H,14,15). The first-order chi connectivity index (χ1) is 8.24. The number of hydrogen-bond acceptors (Lipinski definition) is 3. The second kappa shape index (κ2) is 5.12. The zero-order valence-electron chi connectivity index (χ0n) is 10.2. The van der Waals surface area contributed by atoms with Crippen LogP contribution in [-0.2, 0) is 9.47 Å². The minimum Gasteiger partial charge on any atom is -0.349 e. The van der Waals surface area contributed by atoms with E-state index in [1.807, 2.05) is 0 Å². The molecule has 1 heterocycles. The Morgan fingerprint density at radius 2 is 1.76 bits per heavy atom. The average molecular weight is 232 g/mol. The van der Waals surface area contributed by atoms with Gasteiger partial charge in [-0.1, -0.05) is 29.8 Å². The van der Waals surface area contributed by atoms with Crippen molar-refractivity contribution >= 4 is 0 Å². The van der Waals surface area contributed by atoms with Gasteiger partial charge in [-0.2, -0.15) is 0 Å². The lowest BCUT2D eigenvalue weighted by Crippen LogP contribution is -2.05. The Kier molecular flexibility index (Phi) is 3.56. The molecule has 2 rings (SSSR count). The predicted octanol–water partition coefficient (Wildman–Crippen LogP) is 2.68. The molecule has 4 nitrogen and oxygen atoms in total. The molecule has 0 saturated heterocycles. The Bertz CT molecular complexity index is 472. The van der Waals surface area contributed by atoms with Gasteiger partial charge in [0, 0.05) is 14.2 Å². The fourth-order valence-corrected chi connectivity index (χ4v) is 1.66. The number of aromatic amines is 1. The molecule has 0 unspecified atom stereocenters. The Labute approximate surface area is 101 Å². The molecule has 0 fully saturated rings. The summed E-state index contributed by atoms with van der Waals surface area (Å²) < 4.78 is 10.3. The van der Waals surface area contributed by atoms with Crippen molar-refractivity contribution in [2.24, 2.45) is 0 Å². The van der Waals surface area contributed by atoms with Crippen LogP contribution < -0.4 is 0 Å². The molecule has 90 valence electrons. The maximum Gasteiger partial charge on any atom is 0.216 e. The number of aromatic nitrogens is 2. The molecule has 0 radical (unpaired) electrons. The molecule has 0 bridgehead atoms. The van der Waals surface area contributed by atoms with Gasteiger partial charge in [0.15, 0.2) is 5.82 Å². The number of nitrogens with one attached hydrogen (secondary N) is 1. The van der Waals surface area contributed by atoms with Gasteiger partial charge in [0.25, 0.3) is 0 Å². The smallest absolute Gasteiger partial charge is 0.216 e. The average Bonchev–Trinajstić information content (AvgIpc) is 2.81. The molecule has 0 aliphatic rings. The summed E-state index contributed by atoms with van der Waals surface area (Å²) in [6, 6.07) is 8.25. The Hall–Kier alpha value is -1.65. The molecule has 4 heteroatoms. The number of H-pyrrole nitrogens is 1. The third-order valence-electron chi connectivity index (χ3n) is 2.61. The van der Waals surface area contributed by atoms with E-state index in [9.17, 15) is 0 Å². The SMILES string of the molecule is COC(OC)c1ncc(-c2ccc(C)cc2)[nH]1. The van der Waals surface area contributed by atoms with E-state index in [1.54, 1.807) is 20.4 Å². The molecule has 1 aromatic carbocycles. The van der Waals surface area contributed by atoms with E-state index < -0.39 is 6.29 Å². The van der Waals surface area contributed by atoms with Crippen LogP contribution in [0.1, 0.15) is 17.7 Å². The van der Waals surface area contributed by atoms with E-state index in [0.717, 1.165) is 11.3 Å². The normalized spacial score (nSPS) is 11.1. The third-order valence-corrected chi connectivity index (χ3v) is 2.61. The topological polar surface area (TPSA) is 47.1 Å². The van der Waals surface area contributed by atoms with Crippen LogP contribution in [0.3, 0.4) is 0 Å². The molecular weight excluding hydrogens is 216 g/mol. The summed E-state index contributed by atoms with van der Waals surface area (Å²) in [5, 5.41) is 0. The minimum atomic E-state index is -0.450. The first-order valence-electron chi connectivity index (χ1n) is 5.42. The van der Waals surface area contributed by atoms with Crippen LogP contribution in [0, 0.1) is 6.92 Å². The van der Waals surface area contributed by atoms with Crippen molar-refractivity contribution in [3.63, 3.8) is 0 Å². The van der Waals surface area contributed by atoms with E-state index in [-0.39, 0.29) is 0 Å². The number of imidazole rings is 1. The summed E-state index contributed by atoms with van der Waals surface area (Å²) in [7, 11) is 3.17. The van der Waals surface area contributed by atoms with E-state index >= 15 is 0 Å². The van der Waals surface area contributed by atoms with Crippen molar-refractivity contribution in [2.45, 2.75) is 13.2 Å². The maximum atomic E-state index is 5.14. The van der Waals surface area contributed by atoms with Crippen molar-refractivity contribution in [3.8, 4) is 11.3 Å². The summed E-state index contributed by atoms with van der Waals surface area (Å²) >= 11 is 0. The monoisotopic (exact) mass is 232 g/mol. The summed E-state index contributed by atoms with van der Waals surface area (Å²) in [6.07, 6.45) is 1.33. The van der Waals surface area contributed by atoms with Gasteiger partial charge >= 0.3 is 0 Å². The van der Waals surface area contributed by atoms with Crippen molar-refractivity contribution in [1.29, 1.82) is 0 Å². The Balaban J connectivity index is 2.26. The van der Waals surface area contributed by atoms with Crippen molar-refractivity contribution < 1.29 is 9.47 Å². The summed E-state index contributed by atoms with van der Waals surface area (Å²) in [4.78, 5) is 7.44. The zero-order valence-corrected chi connectivity index (χ0v) is 10.2. The van der Waals surface area contributed by atoms with Gasteiger partial charge in [0.1, 0.15) is 0 Å². The number of benzene rings is 1. The minimum absolute atomic E-state index is 0.450. The van der Waals surface area contributed by atoms with Crippen LogP contribution in [-0.4, -0.2) is 24.2 Å². The third kappa shape index (κ3) is 2.54. The van der Waals surface area contributed by atoms with Gasteiger partial charge in [-0.15, -0.1) is 0 Å². The molecule has 0 spiro atoms. The maximum absolute atomic E-state index is 5.14. The number of ether oxygens (including phenoxy) is 2. The Morgan fingerprint density at radius 1 is 1.12 bits per heavy atom. The van der Waals surface area contributed by atoms with Gasteiger partial charge in [-0.3, -0.25) is 0 Å².